The summed E-state index contributed by atoms with van der Waals surface area (Å²) in [6, 6.07) is 13.3. The second-order valence-corrected chi connectivity index (χ2v) is 7.42. The van der Waals surface area contributed by atoms with Gasteiger partial charge in [-0.15, -0.1) is 0 Å². The Balaban J connectivity index is 2.04. The smallest absolute Gasteiger partial charge is 0.264 e. The number of likely N-dealkylation sites (N-methyl/N-ethyl adjacent to an activating group) is 1. The van der Waals surface area contributed by atoms with E-state index in [9.17, 15) is 18.3 Å². The van der Waals surface area contributed by atoms with Crippen LogP contribution in [0, 0.1) is 0 Å². The summed E-state index contributed by atoms with van der Waals surface area (Å²) < 4.78 is 27.2. The van der Waals surface area contributed by atoms with E-state index >= 15 is 0 Å². The van der Waals surface area contributed by atoms with Crippen LogP contribution >= 0.6 is 0 Å². The van der Waals surface area contributed by atoms with Gasteiger partial charge >= 0.3 is 0 Å². The van der Waals surface area contributed by atoms with Gasteiger partial charge in [0.05, 0.1) is 30.2 Å². The number of amides is 1. The highest BCUT2D eigenvalue weighted by Gasteiger charge is 2.29. The monoisotopic (exact) mass is 346 g/mol. The minimum atomic E-state index is -3.83. The summed E-state index contributed by atoms with van der Waals surface area (Å²) in [5.74, 6) is -0.0604. The zero-order chi connectivity index (χ0) is 17.3. The molecule has 126 valence electrons. The van der Waals surface area contributed by atoms with Crippen molar-refractivity contribution in [3.05, 3.63) is 54.1 Å². The Kier molecular flexibility index (Phi) is 4.29. The summed E-state index contributed by atoms with van der Waals surface area (Å²) in [5, 5.41) is 9.28. The standard InChI is InChI=1S/C17H18N2O4S/c1-18-16-8-7-15(11-13(16)12-17(18)21)24(22,23)19(9-10-20)14-5-3-2-4-6-14/h2-8,11,20H,9-10,12H2,1H3. The van der Waals surface area contributed by atoms with E-state index in [1.807, 2.05) is 0 Å². The summed E-state index contributed by atoms with van der Waals surface area (Å²) in [6.07, 6.45) is 0.195. The molecule has 3 rings (SSSR count). The molecular weight excluding hydrogens is 328 g/mol. The molecule has 2 aromatic rings. The number of carbonyl (C=O) groups is 1. The molecule has 0 saturated carbocycles. The minimum absolute atomic E-state index is 0.0394. The lowest BCUT2D eigenvalue weighted by Gasteiger charge is -2.24. The second-order valence-electron chi connectivity index (χ2n) is 5.56. The first-order valence-electron chi connectivity index (χ1n) is 7.53. The average Bonchev–Trinajstić information content (AvgIpc) is 2.87. The Bertz CT molecular complexity index is 865. The Morgan fingerprint density at radius 3 is 2.54 bits per heavy atom. The summed E-state index contributed by atoms with van der Waals surface area (Å²) in [4.78, 5) is 13.4. The van der Waals surface area contributed by atoms with Crippen molar-refractivity contribution in [1.82, 2.24) is 0 Å². The Labute approximate surface area is 141 Å². The first-order chi connectivity index (χ1) is 11.4. The van der Waals surface area contributed by atoms with Gasteiger partial charge in [-0.1, -0.05) is 18.2 Å². The molecule has 0 aliphatic carbocycles. The number of hydrogen-bond donors (Lipinski definition) is 1. The van der Waals surface area contributed by atoms with Gasteiger partial charge < -0.3 is 10.0 Å². The Hall–Kier alpha value is -2.38. The number of carbonyl (C=O) groups excluding carboxylic acids is 1. The second kappa shape index (κ2) is 6.26. The van der Waals surface area contributed by atoms with Crippen molar-refractivity contribution in [3.8, 4) is 0 Å². The molecule has 2 aromatic carbocycles. The normalized spacial score (nSPS) is 13.9. The van der Waals surface area contributed by atoms with Gasteiger partial charge in [0.15, 0.2) is 0 Å². The number of benzene rings is 2. The van der Waals surface area contributed by atoms with Crippen molar-refractivity contribution >= 4 is 27.3 Å². The molecular formula is C17H18N2O4S. The summed E-state index contributed by atoms with van der Waals surface area (Å²) >= 11 is 0. The minimum Gasteiger partial charge on any atom is -0.394 e. The van der Waals surface area contributed by atoms with E-state index in [0.29, 0.717) is 11.3 Å². The third-order valence-corrected chi connectivity index (χ3v) is 5.89. The van der Waals surface area contributed by atoms with E-state index in [1.165, 1.54) is 15.3 Å². The molecule has 1 aliphatic heterocycles. The van der Waals surface area contributed by atoms with Crippen LogP contribution in [0.15, 0.2) is 53.4 Å². The highest BCUT2D eigenvalue weighted by atomic mass is 32.2. The largest absolute Gasteiger partial charge is 0.394 e. The maximum Gasteiger partial charge on any atom is 0.264 e. The Morgan fingerprint density at radius 2 is 1.88 bits per heavy atom. The number of aliphatic hydroxyl groups excluding tert-OH is 1. The third kappa shape index (κ3) is 2.76. The van der Waals surface area contributed by atoms with Crippen molar-refractivity contribution in [2.45, 2.75) is 11.3 Å². The van der Waals surface area contributed by atoms with Crippen molar-refractivity contribution in [2.24, 2.45) is 0 Å². The van der Waals surface area contributed by atoms with Crippen LogP contribution in [-0.2, 0) is 21.2 Å². The molecule has 1 heterocycles. The van der Waals surface area contributed by atoms with Crippen molar-refractivity contribution in [3.63, 3.8) is 0 Å². The fourth-order valence-electron chi connectivity index (χ4n) is 2.81. The van der Waals surface area contributed by atoms with Gasteiger partial charge in [-0.3, -0.25) is 9.10 Å². The molecule has 1 N–H and O–H groups in total. The predicted octanol–water partition coefficient (Wildman–Crippen LogP) is 1.39. The van der Waals surface area contributed by atoms with E-state index < -0.39 is 10.0 Å². The lowest BCUT2D eigenvalue weighted by molar-refractivity contribution is -0.117. The maximum absolute atomic E-state index is 13.0. The molecule has 0 spiro atoms. The number of para-hydroxylation sites is 1. The van der Waals surface area contributed by atoms with Gasteiger partial charge in [-0.25, -0.2) is 8.42 Å². The highest BCUT2D eigenvalue weighted by molar-refractivity contribution is 7.92. The van der Waals surface area contributed by atoms with E-state index in [4.69, 9.17) is 0 Å². The van der Waals surface area contributed by atoms with Crippen LogP contribution in [0.5, 0.6) is 0 Å². The third-order valence-electron chi connectivity index (χ3n) is 4.06. The lowest BCUT2D eigenvalue weighted by Crippen LogP contribution is -2.33. The van der Waals surface area contributed by atoms with Crippen LogP contribution in [0.25, 0.3) is 0 Å². The molecule has 0 saturated heterocycles. The van der Waals surface area contributed by atoms with Gasteiger partial charge in [0.2, 0.25) is 5.91 Å². The molecule has 0 unspecified atom stereocenters. The van der Waals surface area contributed by atoms with Crippen LogP contribution in [0.4, 0.5) is 11.4 Å². The fraction of sp³-hybridized carbons (Fsp3) is 0.235. The van der Waals surface area contributed by atoms with Crippen LogP contribution in [0.1, 0.15) is 5.56 Å². The Morgan fingerprint density at radius 1 is 1.17 bits per heavy atom. The molecule has 0 aromatic heterocycles. The number of hydrogen-bond acceptors (Lipinski definition) is 4. The van der Waals surface area contributed by atoms with Crippen molar-refractivity contribution in [2.75, 3.05) is 29.4 Å². The number of aliphatic hydroxyl groups is 1. The summed E-state index contributed by atoms with van der Waals surface area (Å²) in [6.45, 7) is -0.331. The summed E-state index contributed by atoms with van der Waals surface area (Å²) in [5.41, 5.74) is 1.91. The molecule has 7 heteroatoms. The topological polar surface area (TPSA) is 77.9 Å². The molecule has 0 bridgehead atoms. The number of rotatable bonds is 5. The predicted molar refractivity (Wildman–Crippen MR) is 91.6 cm³/mol. The SMILES string of the molecule is CN1C(=O)Cc2cc(S(=O)(=O)N(CCO)c3ccccc3)ccc21. The van der Waals surface area contributed by atoms with E-state index in [2.05, 4.69) is 0 Å². The van der Waals surface area contributed by atoms with Crippen LogP contribution in [0.2, 0.25) is 0 Å². The van der Waals surface area contributed by atoms with Crippen LogP contribution < -0.4 is 9.21 Å². The van der Waals surface area contributed by atoms with Gasteiger partial charge in [0.1, 0.15) is 0 Å². The highest BCUT2D eigenvalue weighted by Crippen LogP contribution is 2.31. The van der Waals surface area contributed by atoms with Gasteiger partial charge in [-0.05, 0) is 35.9 Å². The molecule has 1 amide bonds. The maximum atomic E-state index is 13.0. The molecule has 0 atom stereocenters. The van der Waals surface area contributed by atoms with Gasteiger partial charge in [0, 0.05) is 12.7 Å². The van der Waals surface area contributed by atoms with E-state index in [0.717, 1.165) is 5.69 Å². The quantitative estimate of drug-likeness (QED) is 0.887. The van der Waals surface area contributed by atoms with Crippen molar-refractivity contribution < 1.29 is 18.3 Å². The number of anilines is 2. The molecule has 24 heavy (non-hydrogen) atoms. The molecule has 0 fully saturated rings. The van der Waals surface area contributed by atoms with Crippen LogP contribution in [0.3, 0.4) is 0 Å². The zero-order valence-corrected chi connectivity index (χ0v) is 14.0. The molecule has 1 aliphatic rings. The molecule has 0 radical (unpaired) electrons. The molecule has 6 nitrogen and oxygen atoms in total. The fourth-order valence-corrected chi connectivity index (χ4v) is 4.31. The first kappa shape index (κ1) is 16.5. The zero-order valence-electron chi connectivity index (χ0n) is 13.2. The van der Waals surface area contributed by atoms with E-state index in [1.54, 1.807) is 49.5 Å². The first-order valence-corrected chi connectivity index (χ1v) is 8.97. The van der Waals surface area contributed by atoms with Gasteiger partial charge in [-0.2, -0.15) is 0 Å². The van der Waals surface area contributed by atoms with Crippen LogP contribution in [-0.4, -0.2) is 39.6 Å². The number of nitrogens with zero attached hydrogens (tertiary/aromatic N) is 2. The van der Waals surface area contributed by atoms with E-state index in [-0.39, 0.29) is 30.4 Å². The number of fused-ring (bicyclic) bond motifs is 1. The number of sulfonamides is 1. The summed E-state index contributed by atoms with van der Waals surface area (Å²) in [7, 11) is -2.16. The average molecular weight is 346 g/mol. The lowest BCUT2D eigenvalue weighted by atomic mass is 10.2. The van der Waals surface area contributed by atoms with Crippen molar-refractivity contribution in [1.29, 1.82) is 0 Å². The van der Waals surface area contributed by atoms with Gasteiger partial charge in [0.25, 0.3) is 10.0 Å².